The second kappa shape index (κ2) is 6.74. The van der Waals surface area contributed by atoms with Crippen molar-refractivity contribution in [2.24, 2.45) is 5.92 Å². The van der Waals surface area contributed by atoms with E-state index >= 15 is 0 Å². The Kier molecular flexibility index (Phi) is 4.99. The Morgan fingerprint density at radius 1 is 1.29 bits per heavy atom. The van der Waals surface area contributed by atoms with Crippen LogP contribution >= 0.6 is 0 Å². The van der Waals surface area contributed by atoms with Crippen LogP contribution in [0.5, 0.6) is 0 Å². The van der Waals surface area contributed by atoms with Gasteiger partial charge in [0.1, 0.15) is 0 Å². The van der Waals surface area contributed by atoms with Crippen LogP contribution in [0.25, 0.3) is 0 Å². The van der Waals surface area contributed by atoms with Crippen molar-refractivity contribution < 1.29 is 14.3 Å². The van der Waals surface area contributed by atoms with Gasteiger partial charge in [-0.1, -0.05) is 18.2 Å². The van der Waals surface area contributed by atoms with Crippen LogP contribution in [0.3, 0.4) is 0 Å². The molecule has 0 unspecified atom stereocenters. The molecule has 1 heterocycles. The number of aryl methyl sites for hydroxylation is 2. The number of hydrogen-bond acceptors (Lipinski definition) is 3. The molecule has 2 rings (SSSR count). The summed E-state index contributed by atoms with van der Waals surface area (Å²) < 4.78 is 5.09. The molecule has 0 radical (unpaired) electrons. The highest BCUT2D eigenvalue weighted by atomic mass is 16.5. The van der Waals surface area contributed by atoms with Crippen molar-refractivity contribution in [2.75, 3.05) is 19.7 Å². The van der Waals surface area contributed by atoms with Crippen LogP contribution in [-0.2, 0) is 9.53 Å². The van der Waals surface area contributed by atoms with E-state index < -0.39 is 0 Å². The zero-order valence-corrected chi connectivity index (χ0v) is 13.0. The van der Waals surface area contributed by atoms with Crippen LogP contribution in [0.1, 0.15) is 41.3 Å². The Morgan fingerprint density at radius 2 is 1.95 bits per heavy atom. The minimum Gasteiger partial charge on any atom is -0.466 e. The van der Waals surface area contributed by atoms with Crippen molar-refractivity contribution in [1.82, 2.24) is 4.90 Å². The van der Waals surface area contributed by atoms with Gasteiger partial charge in [0, 0.05) is 18.7 Å². The van der Waals surface area contributed by atoms with Gasteiger partial charge >= 0.3 is 5.97 Å². The normalized spacial score (nSPS) is 18.4. The molecule has 1 atom stereocenters. The number of amides is 1. The predicted molar refractivity (Wildman–Crippen MR) is 81.2 cm³/mol. The van der Waals surface area contributed by atoms with E-state index in [0.29, 0.717) is 19.7 Å². The number of carbonyl (C=O) groups is 2. The van der Waals surface area contributed by atoms with E-state index in [1.54, 1.807) is 11.8 Å². The summed E-state index contributed by atoms with van der Waals surface area (Å²) in [5.74, 6) is -0.344. The Labute approximate surface area is 126 Å². The molecule has 0 bridgehead atoms. The summed E-state index contributed by atoms with van der Waals surface area (Å²) in [5.41, 5.74) is 2.73. The molecule has 4 heteroatoms. The topological polar surface area (TPSA) is 46.6 Å². The maximum absolute atomic E-state index is 12.7. The van der Waals surface area contributed by atoms with E-state index in [9.17, 15) is 9.59 Å². The summed E-state index contributed by atoms with van der Waals surface area (Å²) >= 11 is 0. The fourth-order valence-electron chi connectivity index (χ4n) is 2.92. The Morgan fingerprint density at radius 3 is 2.57 bits per heavy atom. The molecule has 0 aliphatic carbocycles. The monoisotopic (exact) mass is 289 g/mol. The molecule has 4 nitrogen and oxygen atoms in total. The van der Waals surface area contributed by atoms with Crippen LogP contribution in [0.4, 0.5) is 0 Å². The highest BCUT2D eigenvalue weighted by Crippen LogP contribution is 2.22. The van der Waals surface area contributed by atoms with Crippen LogP contribution in [0.2, 0.25) is 0 Å². The van der Waals surface area contributed by atoms with Gasteiger partial charge in [-0.15, -0.1) is 0 Å². The van der Waals surface area contributed by atoms with Gasteiger partial charge < -0.3 is 9.64 Å². The van der Waals surface area contributed by atoms with E-state index in [1.807, 2.05) is 32.0 Å². The van der Waals surface area contributed by atoms with Gasteiger partial charge in [0.15, 0.2) is 0 Å². The first-order chi connectivity index (χ1) is 10.0. The van der Waals surface area contributed by atoms with Crippen LogP contribution in [0.15, 0.2) is 18.2 Å². The van der Waals surface area contributed by atoms with Crippen LogP contribution < -0.4 is 0 Å². The molecule has 114 valence electrons. The fourth-order valence-corrected chi connectivity index (χ4v) is 2.92. The number of nitrogens with zero attached hydrogens (tertiary/aromatic N) is 1. The van der Waals surface area contributed by atoms with Gasteiger partial charge in [0.2, 0.25) is 0 Å². The molecule has 0 aromatic heterocycles. The molecule has 1 amide bonds. The lowest BCUT2D eigenvalue weighted by Gasteiger charge is -2.32. The first-order valence-corrected chi connectivity index (χ1v) is 7.56. The third kappa shape index (κ3) is 3.43. The first kappa shape index (κ1) is 15.5. The molecule has 0 spiro atoms. The van der Waals surface area contributed by atoms with Gasteiger partial charge in [-0.3, -0.25) is 9.59 Å². The van der Waals surface area contributed by atoms with E-state index in [2.05, 4.69) is 0 Å². The molecular formula is C17H23NO3. The molecule has 0 saturated carbocycles. The number of ether oxygens (including phenoxy) is 1. The third-order valence-electron chi connectivity index (χ3n) is 4.02. The van der Waals surface area contributed by atoms with Crippen molar-refractivity contribution in [3.63, 3.8) is 0 Å². The number of rotatable bonds is 3. The van der Waals surface area contributed by atoms with Crippen molar-refractivity contribution in [1.29, 1.82) is 0 Å². The van der Waals surface area contributed by atoms with Crippen molar-refractivity contribution in [3.05, 3.63) is 34.9 Å². The predicted octanol–water partition coefficient (Wildman–Crippen LogP) is 2.72. The summed E-state index contributed by atoms with van der Waals surface area (Å²) in [7, 11) is 0. The lowest BCUT2D eigenvalue weighted by atomic mass is 9.95. The number of esters is 1. The highest BCUT2D eigenvalue weighted by molar-refractivity contribution is 5.97. The molecule has 1 aliphatic heterocycles. The van der Waals surface area contributed by atoms with Crippen molar-refractivity contribution >= 4 is 11.9 Å². The molecule has 0 N–H and O–H groups in total. The number of carbonyl (C=O) groups excluding carboxylic acids is 2. The van der Waals surface area contributed by atoms with Gasteiger partial charge in [0.25, 0.3) is 5.91 Å². The minimum atomic E-state index is -0.188. The van der Waals surface area contributed by atoms with E-state index in [4.69, 9.17) is 4.74 Å². The lowest BCUT2D eigenvalue weighted by Crippen LogP contribution is -2.43. The van der Waals surface area contributed by atoms with Gasteiger partial charge in [-0.05, 0) is 44.7 Å². The van der Waals surface area contributed by atoms with Crippen LogP contribution in [0, 0.1) is 19.8 Å². The highest BCUT2D eigenvalue weighted by Gasteiger charge is 2.30. The lowest BCUT2D eigenvalue weighted by molar-refractivity contribution is -0.149. The summed E-state index contributed by atoms with van der Waals surface area (Å²) in [6, 6.07) is 5.86. The summed E-state index contributed by atoms with van der Waals surface area (Å²) in [6.07, 6.45) is 1.65. The number of likely N-dealkylation sites (tertiary alicyclic amines) is 1. The smallest absolute Gasteiger partial charge is 0.310 e. The quantitative estimate of drug-likeness (QED) is 0.804. The standard InChI is InChI=1S/C17H23NO3/c1-4-21-17(20)14-9-6-10-18(11-14)16(19)15-12(2)7-5-8-13(15)3/h5,7-8,14H,4,6,9-11H2,1-3H3/t14-/m1/s1. The summed E-state index contributed by atoms with van der Waals surface area (Å²) in [4.78, 5) is 26.4. The Balaban J connectivity index is 2.14. The van der Waals surface area contributed by atoms with Crippen molar-refractivity contribution in [3.8, 4) is 0 Å². The van der Waals surface area contributed by atoms with Gasteiger partial charge in [-0.25, -0.2) is 0 Å². The minimum absolute atomic E-state index is 0.0274. The molecule has 1 fully saturated rings. The fraction of sp³-hybridized carbons (Fsp3) is 0.529. The average molecular weight is 289 g/mol. The second-order valence-corrected chi connectivity index (χ2v) is 5.61. The molecule has 21 heavy (non-hydrogen) atoms. The molecule has 1 saturated heterocycles. The summed E-state index contributed by atoms with van der Waals surface area (Å²) in [6.45, 7) is 7.27. The maximum Gasteiger partial charge on any atom is 0.310 e. The first-order valence-electron chi connectivity index (χ1n) is 7.56. The zero-order chi connectivity index (χ0) is 15.4. The second-order valence-electron chi connectivity index (χ2n) is 5.61. The number of piperidine rings is 1. The molecular weight excluding hydrogens is 266 g/mol. The third-order valence-corrected chi connectivity index (χ3v) is 4.02. The van der Waals surface area contributed by atoms with E-state index in [-0.39, 0.29) is 17.8 Å². The molecule has 1 aliphatic rings. The number of benzene rings is 1. The van der Waals surface area contributed by atoms with E-state index in [0.717, 1.165) is 29.5 Å². The SMILES string of the molecule is CCOC(=O)[C@@H]1CCCN(C(=O)c2c(C)cccc2C)C1. The Bertz CT molecular complexity index is 519. The Hall–Kier alpha value is -1.84. The zero-order valence-electron chi connectivity index (χ0n) is 13.0. The van der Waals surface area contributed by atoms with Crippen LogP contribution in [-0.4, -0.2) is 36.5 Å². The average Bonchev–Trinajstić information content (AvgIpc) is 2.47. The summed E-state index contributed by atoms with van der Waals surface area (Å²) in [5, 5.41) is 0. The van der Waals surface area contributed by atoms with Gasteiger partial charge in [0.05, 0.1) is 12.5 Å². The molecule has 1 aromatic rings. The van der Waals surface area contributed by atoms with Crippen molar-refractivity contribution in [2.45, 2.75) is 33.6 Å². The van der Waals surface area contributed by atoms with E-state index in [1.165, 1.54) is 0 Å². The largest absolute Gasteiger partial charge is 0.466 e. The molecule has 1 aromatic carbocycles. The maximum atomic E-state index is 12.7. The number of hydrogen-bond donors (Lipinski definition) is 0. The van der Waals surface area contributed by atoms with Gasteiger partial charge in [-0.2, -0.15) is 0 Å².